The molecule has 3 heterocycles. The van der Waals surface area contributed by atoms with Gasteiger partial charge in [0.25, 0.3) is 0 Å². The van der Waals surface area contributed by atoms with Crippen LogP contribution in [0, 0.1) is 6.92 Å². The van der Waals surface area contributed by atoms with Gasteiger partial charge in [0.1, 0.15) is 0 Å². The van der Waals surface area contributed by atoms with Gasteiger partial charge in [-0.2, -0.15) is 0 Å². The Morgan fingerprint density at radius 3 is 2.53 bits per heavy atom. The maximum Gasteiger partial charge on any atom is 0.0375 e. The van der Waals surface area contributed by atoms with Gasteiger partial charge in [-0.3, -0.25) is 14.8 Å². The molecule has 2 aliphatic rings. The summed E-state index contributed by atoms with van der Waals surface area (Å²) in [6.07, 6.45) is 3.32. The van der Waals surface area contributed by atoms with Gasteiger partial charge >= 0.3 is 0 Å². The lowest BCUT2D eigenvalue weighted by atomic mass is 9.84. The highest BCUT2D eigenvalue weighted by Crippen LogP contribution is 2.36. The molecule has 2 atom stereocenters. The monoisotopic (exact) mass is 259 g/mol. The Morgan fingerprint density at radius 2 is 1.95 bits per heavy atom. The van der Waals surface area contributed by atoms with Crippen LogP contribution in [0.2, 0.25) is 0 Å². The summed E-state index contributed by atoms with van der Waals surface area (Å²) in [5.74, 6) is 0. The number of aryl methyl sites for hydroxylation is 1. The molecule has 2 bridgehead atoms. The van der Waals surface area contributed by atoms with Crippen molar-refractivity contribution in [3.05, 3.63) is 29.6 Å². The summed E-state index contributed by atoms with van der Waals surface area (Å²) < 4.78 is 0. The minimum atomic E-state index is 0.316. The van der Waals surface area contributed by atoms with Gasteiger partial charge in [0, 0.05) is 49.1 Å². The summed E-state index contributed by atoms with van der Waals surface area (Å²) in [5, 5.41) is 0. The Morgan fingerprint density at radius 1 is 1.26 bits per heavy atom. The van der Waals surface area contributed by atoms with Crippen molar-refractivity contribution in [1.82, 2.24) is 14.8 Å². The number of nitrogens with zero attached hydrogens (tertiary/aromatic N) is 3. The van der Waals surface area contributed by atoms with Crippen molar-refractivity contribution in [2.45, 2.75) is 58.3 Å². The third-order valence-electron chi connectivity index (χ3n) is 4.62. The van der Waals surface area contributed by atoms with E-state index in [2.05, 4.69) is 54.6 Å². The van der Waals surface area contributed by atoms with Crippen molar-refractivity contribution < 1.29 is 0 Å². The van der Waals surface area contributed by atoms with Crippen molar-refractivity contribution in [1.29, 1.82) is 0 Å². The average Bonchev–Trinajstić information content (AvgIpc) is 2.35. The van der Waals surface area contributed by atoms with E-state index in [9.17, 15) is 0 Å². The van der Waals surface area contributed by atoms with E-state index in [0.717, 1.165) is 24.3 Å². The van der Waals surface area contributed by atoms with E-state index in [4.69, 9.17) is 0 Å². The fraction of sp³-hybridized carbons (Fsp3) is 0.688. The molecular weight excluding hydrogens is 234 g/mol. The van der Waals surface area contributed by atoms with E-state index >= 15 is 0 Å². The first kappa shape index (κ1) is 13.1. The lowest BCUT2D eigenvalue weighted by Gasteiger charge is -2.59. The van der Waals surface area contributed by atoms with E-state index in [1.807, 2.05) is 6.20 Å². The largest absolute Gasteiger partial charge is 0.295 e. The second kappa shape index (κ2) is 4.57. The maximum atomic E-state index is 4.28. The summed E-state index contributed by atoms with van der Waals surface area (Å²) >= 11 is 0. The standard InChI is InChI=1S/C16H25N3/c1-12-7-13(5-6-17-12)9-19-14-8-15(19)11-18(10-14)16(2,3)4/h5-7,14-15H,8-11H2,1-4H3. The molecule has 104 valence electrons. The Balaban J connectivity index is 1.64. The predicted octanol–water partition coefficient (Wildman–Crippen LogP) is 2.45. The second-order valence-corrected chi connectivity index (χ2v) is 7.10. The van der Waals surface area contributed by atoms with Crippen LogP contribution in [0.1, 0.15) is 38.4 Å². The zero-order chi connectivity index (χ0) is 13.6. The third-order valence-corrected chi connectivity index (χ3v) is 4.62. The first-order valence-electron chi connectivity index (χ1n) is 7.36. The number of rotatable bonds is 2. The SMILES string of the molecule is Cc1cc(CN2C3CC2CN(C(C)(C)C)C3)ccn1. The minimum Gasteiger partial charge on any atom is -0.295 e. The first-order chi connectivity index (χ1) is 8.93. The summed E-state index contributed by atoms with van der Waals surface area (Å²) in [6, 6.07) is 5.89. The molecule has 2 saturated heterocycles. The normalized spacial score (nSPS) is 28.2. The number of aromatic nitrogens is 1. The first-order valence-corrected chi connectivity index (χ1v) is 7.36. The van der Waals surface area contributed by atoms with Gasteiger partial charge < -0.3 is 0 Å². The molecular formula is C16H25N3. The van der Waals surface area contributed by atoms with Crippen molar-refractivity contribution in [3.63, 3.8) is 0 Å². The topological polar surface area (TPSA) is 19.4 Å². The molecule has 0 radical (unpaired) electrons. The molecule has 0 spiro atoms. The van der Waals surface area contributed by atoms with E-state index in [0.29, 0.717) is 5.54 Å². The van der Waals surface area contributed by atoms with Gasteiger partial charge in [0.05, 0.1) is 0 Å². The number of hydrogen-bond donors (Lipinski definition) is 0. The molecule has 2 unspecified atom stereocenters. The summed E-state index contributed by atoms with van der Waals surface area (Å²) in [7, 11) is 0. The zero-order valence-corrected chi connectivity index (χ0v) is 12.6. The van der Waals surface area contributed by atoms with E-state index in [1.54, 1.807) is 0 Å². The number of pyridine rings is 1. The molecule has 1 aromatic heterocycles. The Bertz CT molecular complexity index is 451. The van der Waals surface area contributed by atoms with Crippen molar-refractivity contribution in [2.75, 3.05) is 13.1 Å². The van der Waals surface area contributed by atoms with Gasteiger partial charge in [-0.25, -0.2) is 0 Å². The van der Waals surface area contributed by atoms with Crippen LogP contribution in [0.4, 0.5) is 0 Å². The Labute approximate surface area is 116 Å². The molecule has 3 rings (SSSR count). The predicted molar refractivity (Wildman–Crippen MR) is 78.0 cm³/mol. The molecule has 2 fully saturated rings. The highest BCUT2D eigenvalue weighted by molar-refractivity contribution is 5.17. The fourth-order valence-electron chi connectivity index (χ4n) is 3.41. The third kappa shape index (κ3) is 2.54. The van der Waals surface area contributed by atoms with Crippen LogP contribution in [0.15, 0.2) is 18.3 Å². The molecule has 0 amide bonds. The van der Waals surface area contributed by atoms with Crippen LogP contribution < -0.4 is 0 Å². The molecule has 3 nitrogen and oxygen atoms in total. The zero-order valence-electron chi connectivity index (χ0n) is 12.6. The lowest BCUT2D eigenvalue weighted by Crippen LogP contribution is -2.70. The maximum absolute atomic E-state index is 4.28. The molecule has 0 N–H and O–H groups in total. The summed E-state index contributed by atoms with van der Waals surface area (Å²) in [5.41, 5.74) is 2.85. The fourth-order valence-corrected chi connectivity index (χ4v) is 3.41. The highest BCUT2D eigenvalue weighted by Gasteiger charge is 2.46. The number of likely N-dealkylation sites (tertiary alicyclic amines) is 2. The second-order valence-electron chi connectivity index (χ2n) is 7.10. The lowest BCUT2D eigenvalue weighted by molar-refractivity contribution is -0.0997. The molecule has 0 aliphatic carbocycles. The van der Waals surface area contributed by atoms with Crippen LogP contribution in [0.3, 0.4) is 0 Å². The van der Waals surface area contributed by atoms with Gasteiger partial charge in [-0.1, -0.05) is 0 Å². The van der Waals surface area contributed by atoms with Crippen molar-refractivity contribution in [3.8, 4) is 0 Å². The molecule has 0 aromatic carbocycles. The number of piperazine rings is 1. The van der Waals surface area contributed by atoms with Crippen LogP contribution in [0.5, 0.6) is 0 Å². The van der Waals surface area contributed by atoms with Crippen LogP contribution in [-0.4, -0.2) is 45.5 Å². The van der Waals surface area contributed by atoms with Crippen molar-refractivity contribution >= 4 is 0 Å². The van der Waals surface area contributed by atoms with Crippen LogP contribution in [-0.2, 0) is 6.54 Å². The summed E-state index contributed by atoms with van der Waals surface area (Å²) in [6.45, 7) is 12.6. The Hall–Kier alpha value is -0.930. The number of hydrogen-bond acceptors (Lipinski definition) is 3. The van der Waals surface area contributed by atoms with Gasteiger partial charge in [0.2, 0.25) is 0 Å². The molecule has 1 aromatic rings. The van der Waals surface area contributed by atoms with Gasteiger partial charge in [-0.05, 0) is 51.8 Å². The van der Waals surface area contributed by atoms with Crippen LogP contribution >= 0.6 is 0 Å². The van der Waals surface area contributed by atoms with E-state index in [-0.39, 0.29) is 0 Å². The number of piperidine rings is 1. The van der Waals surface area contributed by atoms with Gasteiger partial charge in [-0.15, -0.1) is 0 Å². The molecule has 19 heavy (non-hydrogen) atoms. The molecule has 2 aliphatic heterocycles. The van der Waals surface area contributed by atoms with Crippen LogP contribution in [0.25, 0.3) is 0 Å². The van der Waals surface area contributed by atoms with Crippen molar-refractivity contribution in [2.24, 2.45) is 0 Å². The quantitative estimate of drug-likeness (QED) is 0.813. The molecule has 0 saturated carbocycles. The van der Waals surface area contributed by atoms with E-state index in [1.165, 1.54) is 25.1 Å². The Kier molecular flexibility index (Phi) is 3.14. The minimum absolute atomic E-state index is 0.316. The smallest absolute Gasteiger partial charge is 0.0375 e. The number of fused-ring (bicyclic) bond motifs is 2. The molecule has 3 heteroatoms. The van der Waals surface area contributed by atoms with Gasteiger partial charge in [0.15, 0.2) is 0 Å². The summed E-state index contributed by atoms with van der Waals surface area (Å²) in [4.78, 5) is 9.60. The average molecular weight is 259 g/mol. The van der Waals surface area contributed by atoms with E-state index < -0.39 is 0 Å². The highest BCUT2D eigenvalue weighted by atomic mass is 15.4.